The summed E-state index contributed by atoms with van der Waals surface area (Å²) >= 11 is 0. The number of fused-ring (bicyclic) bond motifs is 1. The van der Waals surface area contributed by atoms with Crippen molar-refractivity contribution in [3.05, 3.63) is 95.1 Å². The predicted molar refractivity (Wildman–Crippen MR) is 123 cm³/mol. The molecule has 0 aromatic heterocycles. The van der Waals surface area contributed by atoms with Gasteiger partial charge in [-0.15, -0.1) is 0 Å². The van der Waals surface area contributed by atoms with Crippen LogP contribution in [0.25, 0.3) is 0 Å². The highest BCUT2D eigenvalue weighted by molar-refractivity contribution is 7.89. The largest absolute Gasteiger partial charge is 0.496 e. The van der Waals surface area contributed by atoms with Gasteiger partial charge in [0.25, 0.3) is 5.91 Å². The number of nitrogens with one attached hydrogen (secondary N) is 1. The molecule has 1 heterocycles. The molecule has 3 aromatic rings. The van der Waals surface area contributed by atoms with Gasteiger partial charge in [-0.25, -0.2) is 8.42 Å². The van der Waals surface area contributed by atoms with E-state index in [9.17, 15) is 13.2 Å². The fraction of sp³-hybridized carbons (Fsp3) is 0.240. The molecule has 0 radical (unpaired) electrons. The second-order valence-electron chi connectivity index (χ2n) is 7.70. The maximum atomic E-state index is 13.2. The maximum absolute atomic E-state index is 13.2. The number of methoxy groups -OCH3 is 1. The molecule has 0 unspecified atom stereocenters. The van der Waals surface area contributed by atoms with E-state index in [1.54, 1.807) is 25.3 Å². The molecule has 6 nitrogen and oxygen atoms in total. The van der Waals surface area contributed by atoms with E-state index < -0.39 is 10.0 Å². The Morgan fingerprint density at radius 3 is 2.56 bits per heavy atom. The van der Waals surface area contributed by atoms with Gasteiger partial charge in [0.05, 0.1) is 12.0 Å². The number of benzene rings is 3. The molecular formula is C25H26N2O4S. The van der Waals surface area contributed by atoms with E-state index in [4.69, 9.17) is 4.74 Å². The standard InChI is InChI=1S/C25H26N2O4S/c1-31-24-12-5-4-8-20(24)13-15-26-25(28)21-10-6-11-23(17-21)32(29,30)27-16-14-19-7-2-3-9-22(19)18-27/h2-12,17H,13-16,18H2,1H3,(H,26,28). The van der Waals surface area contributed by atoms with Gasteiger partial charge in [-0.05, 0) is 53.8 Å². The third-order valence-electron chi connectivity index (χ3n) is 5.70. The highest BCUT2D eigenvalue weighted by Gasteiger charge is 2.28. The first kappa shape index (κ1) is 22.0. The number of carbonyl (C=O) groups is 1. The van der Waals surface area contributed by atoms with Crippen molar-refractivity contribution >= 4 is 15.9 Å². The fourth-order valence-corrected chi connectivity index (χ4v) is 5.41. The molecule has 0 aliphatic carbocycles. The van der Waals surface area contributed by atoms with E-state index in [1.165, 1.54) is 15.9 Å². The van der Waals surface area contributed by atoms with Gasteiger partial charge in [-0.2, -0.15) is 4.31 Å². The third kappa shape index (κ3) is 4.69. The lowest BCUT2D eigenvalue weighted by molar-refractivity contribution is 0.0954. The van der Waals surface area contributed by atoms with Crippen LogP contribution in [-0.2, 0) is 29.4 Å². The second kappa shape index (κ2) is 9.54. The Bertz CT molecular complexity index is 1220. The zero-order chi connectivity index (χ0) is 22.6. The first-order valence-corrected chi connectivity index (χ1v) is 12.0. The Morgan fingerprint density at radius 2 is 1.75 bits per heavy atom. The van der Waals surface area contributed by atoms with E-state index in [2.05, 4.69) is 5.32 Å². The summed E-state index contributed by atoms with van der Waals surface area (Å²) in [7, 11) is -2.08. The minimum atomic E-state index is -3.70. The Hall–Kier alpha value is -3.16. The van der Waals surface area contributed by atoms with Gasteiger partial charge in [-0.1, -0.05) is 48.5 Å². The number of hydrogen-bond acceptors (Lipinski definition) is 4. The quantitative estimate of drug-likeness (QED) is 0.599. The van der Waals surface area contributed by atoms with E-state index >= 15 is 0 Å². The van der Waals surface area contributed by atoms with Gasteiger partial charge in [0.15, 0.2) is 0 Å². The first-order chi connectivity index (χ1) is 15.5. The van der Waals surface area contributed by atoms with Crippen LogP contribution in [0.4, 0.5) is 0 Å². The molecule has 0 fully saturated rings. The number of sulfonamides is 1. The van der Waals surface area contributed by atoms with Gasteiger partial charge in [0.2, 0.25) is 10.0 Å². The zero-order valence-electron chi connectivity index (χ0n) is 18.0. The Balaban J connectivity index is 1.44. The van der Waals surface area contributed by atoms with E-state index in [0.29, 0.717) is 38.0 Å². The molecule has 166 valence electrons. The summed E-state index contributed by atoms with van der Waals surface area (Å²) in [6.45, 7) is 1.18. The summed E-state index contributed by atoms with van der Waals surface area (Å²) in [6.07, 6.45) is 1.29. The van der Waals surface area contributed by atoms with Crippen molar-refractivity contribution in [1.29, 1.82) is 0 Å². The normalized spacial score (nSPS) is 13.9. The predicted octanol–water partition coefficient (Wildman–Crippen LogP) is 3.41. The van der Waals surface area contributed by atoms with Crippen LogP contribution in [0.3, 0.4) is 0 Å². The van der Waals surface area contributed by atoms with Crippen molar-refractivity contribution in [1.82, 2.24) is 9.62 Å². The summed E-state index contributed by atoms with van der Waals surface area (Å²) in [6, 6.07) is 21.8. The molecule has 1 N–H and O–H groups in total. The van der Waals surface area contributed by atoms with Crippen molar-refractivity contribution in [2.75, 3.05) is 20.2 Å². The third-order valence-corrected chi connectivity index (χ3v) is 7.54. The van der Waals surface area contributed by atoms with Crippen LogP contribution in [0, 0.1) is 0 Å². The zero-order valence-corrected chi connectivity index (χ0v) is 18.8. The summed E-state index contributed by atoms with van der Waals surface area (Å²) in [5.74, 6) is 0.471. The Kier molecular flexibility index (Phi) is 6.58. The SMILES string of the molecule is COc1ccccc1CCNC(=O)c1cccc(S(=O)(=O)N2CCc3ccccc3C2)c1. The highest BCUT2D eigenvalue weighted by atomic mass is 32.2. The number of ether oxygens (including phenoxy) is 1. The number of para-hydroxylation sites is 1. The minimum Gasteiger partial charge on any atom is -0.496 e. The molecule has 0 spiro atoms. The molecule has 3 aromatic carbocycles. The molecule has 4 rings (SSSR count). The van der Waals surface area contributed by atoms with E-state index in [-0.39, 0.29) is 10.8 Å². The van der Waals surface area contributed by atoms with Crippen LogP contribution in [0.15, 0.2) is 77.7 Å². The summed E-state index contributed by atoms with van der Waals surface area (Å²) in [5.41, 5.74) is 3.52. The topological polar surface area (TPSA) is 75.7 Å². The van der Waals surface area contributed by atoms with Crippen molar-refractivity contribution in [3.63, 3.8) is 0 Å². The Labute approximate surface area is 188 Å². The molecule has 32 heavy (non-hydrogen) atoms. The lowest BCUT2D eigenvalue weighted by Crippen LogP contribution is -2.36. The molecule has 0 atom stereocenters. The lowest BCUT2D eigenvalue weighted by atomic mass is 10.0. The van der Waals surface area contributed by atoms with Crippen LogP contribution in [0.1, 0.15) is 27.0 Å². The van der Waals surface area contributed by atoms with E-state index in [0.717, 1.165) is 16.9 Å². The Morgan fingerprint density at radius 1 is 1.00 bits per heavy atom. The molecule has 7 heteroatoms. The monoisotopic (exact) mass is 450 g/mol. The number of hydrogen-bond donors (Lipinski definition) is 1. The van der Waals surface area contributed by atoms with Gasteiger partial charge >= 0.3 is 0 Å². The molecule has 0 saturated heterocycles. The molecule has 1 aliphatic rings. The summed E-state index contributed by atoms with van der Waals surface area (Å²) in [4.78, 5) is 12.8. The van der Waals surface area contributed by atoms with Crippen LogP contribution in [0.5, 0.6) is 5.75 Å². The number of rotatable bonds is 7. The number of nitrogens with zero attached hydrogens (tertiary/aromatic N) is 1. The van der Waals surface area contributed by atoms with Crippen molar-refractivity contribution in [3.8, 4) is 5.75 Å². The van der Waals surface area contributed by atoms with Gasteiger partial charge in [0, 0.05) is 25.2 Å². The second-order valence-corrected chi connectivity index (χ2v) is 9.64. The molecular weight excluding hydrogens is 424 g/mol. The molecule has 1 amide bonds. The first-order valence-electron chi connectivity index (χ1n) is 10.6. The fourth-order valence-electron chi connectivity index (χ4n) is 3.94. The van der Waals surface area contributed by atoms with Crippen molar-refractivity contribution in [2.45, 2.75) is 24.3 Å². The van der Waals surface area contributed by atoms with Crippen molar-refractivity contribution in [2.24, 2.45) is 0 Å². The lowest BCUT2D eigenvalue weighted by Gasteiger charge is -2.28. The van der Waals surface area contributed by atoms with Gasteiger partial charge in [0.1, 0.15) is 5.75 Å². The average molecular weight is 451 g/mol. The minimum absolute atomic E-state index is 0.134. The van der Waals surface area contributed by atoms with Gasteiger partial charge in [-0.3, -0.25) is 4.79 Å². The smallest absolute Gasteiger partial charge is 0.251 e. The van der Waals surface area contributed by atoms with Crippen LogP contribution < -0.4 is 10.1 Å². The maximum Gasteiger partial charge on any atom is 0.251 e. The summed E-state index contributed by atoms with van der Waals surface area (Å²) < 4.78 is 33.3. The van der Waals surface area contributed by atoms with Gasteiger partial charge < -0.3 is 10.1 Å². The number of amides is 1. The molecule has 0 saturated carbocycles. The van der Waals surface area contributed by atoms with E-state index in [1.807, 2.05) is 48.5 Å². The van der Waals surface area contributed by atoms with Crippen molar-refractivity contribution < 1.29 is 17.9 Å². The van der Waals surface area contributed by atoms with Crippen LogP contribution in [-0.4, -0.2) is 38.8 Å². The molecule has 0 bridgehead atoms. The molecule has 1 aliphatic heterocycles. The van der Waals surface area contributed by atoms with Crippen LogP contribution >= 0.6 is 0 Å². The summed E-state index contributed by atoms with van der Waals surface area (Å²) in [5, 5.41) is 2.87. The average Bonchev–Trinajstić information content (AvgIpc) is 2.84. The number of carbonyl (C=O) groups excluding carboxylic acids is 1. The van der Waals surface area contributed by atoms with Crippen LogP contribution in [0.2, 0.25) is 0 Å². The highest BCUT2D eigenvalue weighted by Crippen LogP contribution is 2.25.